The highest BCUT2D eigenvalue weighted by Crippen LogP contribution is 2.21. The number of aryl methyl sites for hydroxylation is 1. The SMILES string of the molecule is CCOCCCCNC(=NC)N1CCOC(c2cnn(C)c2)C1. The average molecular weight is 323 g/mol. The molecule has 1 aromatic heterocycles. The van der Waals surface area contributed by atoms with Gasteiger partial charge in [0.15, 0.2) is 5.96 Å². The number of nitrogens with one attached hydrogen (secondary N) is 1. The monoisotopic (exact) mass is 323 g/mol. The lowest BCUT2D eigenvalue weighted by Gasteiger charge is -2.34. The third-order valence-electron chi connectivity index (χ3n) is 3.88. The lowest BCUT2D eigenvalue weighted by Crippen LogP contribution is -2.48. The molecule has 0 bridgehead atoms. The second-order valence-electron chi connectivity index (χ2n) is 5.63. The van der Waals surface area contributed by atoms with Crippen molar-refractivity contribution in [2.75, 3.05) is 46.5 Å². The van der Waals surface area contributed by atoms with E-state index in [-0.39, 0.29) is 6.10 Å². The Kier molecular flexibility index (Phi) is 7.35. The Morgan fingerprint density at radius 2 is 2.39 bits per heavy atom. The van der Waals surface area contributed by atoms with Crippen molar-refractivity contribution in [3.8, 4) is 0 Å². The molecule has 2 heterocycles. The Hall–Kier alpha value is -1.60. The van der Waals surface area contributed by atoms with Crippen LogP contribution < -0.4 is 5.32 Å². The predicted octanol–water partition coefficient (Wildman–Crippen LogP) is 1.19. The third-order valence-corrected chi connectivity index (χ3v) is 3.88. The highest BCUT2D eigenvalue weighted by Gasteiger charge is 2.24. The van der Waals surface area contributed by atoms with E-state index in [1.807, 2.05) is 38.1 Å². The number of nitrogens with zero attached hydrogens (tertiary/aromatic N) is 4. The van der Waals surface area contributed by atoms with E-state index in [0.29, 0.717) is 6.61 Å². The van der Waals surface area contributed by atoms with Crippen molar-refractivity contribution >= 4 is 5.96 Å². The van der Waals surface area contributed by atoms with Crippen LogP contribution in [0.1, 0.15) is 31.4 Å². The largest absolute Gasteiger partial charge is 0.382 e. The summed E-state index contributed by atoms with van der Waals surface area (Å²) in [5.41, 5.74) is 1.12. The molecule has 1 unspecified atom stereocenters. The summed E-state index contributed by atoms with van der Waals surface area (Å²) in [7, 11) is 3.75. The summed E-state index contributed by atoms with van der Waals surface area (Å²) in [5.74, 6) is 0.943. The number of ether oxygens (including phenoxy) is 2. The lowest BCUT2D eigenvalue weighted by atomic mass is 10.1. The third kappa shape index (κ3) is 5.51. The van der Waals surface area contributed by atoms with E-state index in [9.17, 15) is 0 Å². The number of unbranched alkanes of at least 4 members (excludes halogenated alkanes) is 1. The molecule has 1 aliphatic heterocycles. The summed E-state index contributed by atoms with van der Waals surface area (Å²) in [4.78, 5) is 6.66. The maximum absolute atomic E-state index is 5.88. The first kappa shape index (κ1) is 17.7. The lowest BCUT2D eigenvalue weighted by molar-refractivity contribution is -0.00802. The molecule has 23 heavy (non-hydrogen) atoms. The van der Waals surface area contributed by atoms with Gasteiger partial charge in [-0.3, -0.25) is 9.67 Å². The zero-order valence-corrected chi connectivity index (χ0v) is 14.5. The number of hydrogen-bond donors (Lipinski definition) is 1. The maximum atomic E-state index is 5.88. The van der Waals surface area contributed by atoms with E-state index in [4.69, 9.17) is 9.47 Å². The second-order valence-corrected chi connectivity index (χ2v) is 5.63. The van der Waals surface area contributed by atoms with Gasteiger partial charge in [-0.2, -0.15) is 5.10 Å². The van der Waals surface area contributed by atoms with E-state index in [1.54, 1.807) is 0 Å². The van der Waals surface area contributed by atoms with Crippen molar-refractivity contribution < 1.29 is 9.47 Å². The fourth-order valence-electron chi connectivity index (χ4n) is 2.66. The van der Waals surface area contributed by atoms with Crippen LogP contribution >= 0.6 is 0 Å². The fraction of sp³-hybridized carbons (Fsp3) is 0.750. The van der Waals surface area contributed by atoms with Crippen LogP contribution in [0.15, 0.2) is 17.4 Å². The van der Waals surface area contributed by atoms with Gasteiger partial charge in [0.2, 0.25) is 0 Å². The van der Waals surface area contributed by atoms with Gasteiger partial charge in [-0.25, -0.2) is 0 Å². The van der Waals surface area contributed by atoms with Crippen molar-refractivity contribution in [2.45, 2.75) is 25.9 Å². The van der Waals surface area contributed by atoms with Gasteiger partial charge in [0.05, 0.1) is 19.3 Å². The molecule has 7 nitrogen and oxygen atoms in total. The van der Waals surface area contributed by atoms with Crippen molar-refractivity contribution in [1.29, 1.82) is 0 Å². The molecule has 0 amide bonds. The highest BCUT2D eigenvalue weighted by atomic mass is 16.5. The molecule has 0 radical (unpaired) electrons. The van der Waals surface area contributed by atoms with Crippen LogP contribution in [0.4, 0.5) is 0 Å². The van der Waals surface area contributed by atoms with Crippen molar-refractivity contribution in [1.82, 2.24) is 20.0 Å². The van der Waals surface area contributed by atoms with Gasteiger partial charge in [-0.1, -0.05) is 0 Å². The van der Waals surface area contributed by atoms with E-state index in [1.165, 1.54) is 0 Å². The number of aromatic nitrogens is 2. The van der Waals surface area contributed by atoms with E-state index in [0.717, 1.165) is 57.2 Å². The van der Waals surface area contributed by atoms with Crippen LogP contribution in [0.2, 0.25) is 0 Å². The summed E-state index contributed by atoms with van der Waals surface area (Å²) in [5, 5.41) is 7.66. The summed E-state index contributed by atoms with van der Waals surface area (Å²) in [6, 6.07) is 0. The molecule has 1 aromatic rings. The first-order valence-electron chi connectivity index (χ1n) is 8.38. The van der Waals surface area contributed by atoms with Gasteiger partial charge < -0.3 is 19.7 Å². The quantitative estimate of drug-likeness (QED) is 0.464. The Morgan fingerprint density at radius 1 is 1.52 bits per heavy atom. The van der Waals surface area contributed by atoms with E-state index >= 15 is 0 Å². The zero-order valence-electron chi connectivity index (χ0n) is 14.5. The molecule has 2 rings (SSSR count). The number of rotatable bonds is 7. The Balaban J connectivity index is 1.79. The molecule has 0 saturated carbocycles. The van der Waals surface area contributed by atoms with Gasteiger partial charge >= 0.3 is 0 Å². The number of hydrogen-bond acceptors (Lipinski definition) is 4. The van der Waals surface area contributed by atoms with Crippen LogP contribution in [0.5, 0.6) is 0 Å². The van der Waals surface area contributed by atoms with Gasteiger partial charge in [-0.15, -0.1) is 0 Å². The molecule has 0 aliphatic carbocycles. The molecule has 1 N–H and O–H groups in total. The molecule has 0 aromatic carbocycles. The van der Waals surface area contributed by atoms with Gasteiger partial charge in [-0.05, 0) is 19.8 Å². The van der Waals surface area contributed by atoms with Crippen LogP contribution in [-0.2, 0) is 16.5 Å². The van der Waals surface area contributed by atoms with Crippen LogP contribution in [0.25, 0.3) is 0 Å². The fourth-order valence-corrected chi connectivity index (χ4v) is 2.66. The molecule has 130 valence electrons. The minimum absolute atomic E-state index is 0.0500. The summed E-state index contributed by atoms with van der Waals surface area (Å²) in [6.45, 7) is 6.91. The molecule has 7 heteroatoms. The molecular formula is C16H29N5O2. The Labute approximate surface area is 138 Å². The zero-order chi connectivity index (χ0) is 16.5. The highest BCUT2D eigenvalue weighted by molar-refractivity contribution is 5.80. The number of morpholine rings is 1. The Bertz CT molecular complexity index is 489. The van der Waals surface area contributed by atoms with Crippen LogP contribution in [-0.4, -0.2) is 67.1 Å². The average Bonchev–Trinajstić information content (AvgIpc) is 3.01. The van der Waals surface area contributed by atoms with E-state index < -0.39 is 0 Å². The van der Waals surface area contributed by atoms with Gasteiger partial charge in [0.1, 0.15) is 6.10 Å². The number of guanidine groups is 1. The molecule has 1 atom stereocenters. The minimum atomic E-state index is 0.0500. The van der Waals surface area contributed by atoms with Crippen LogP contribution in [0, 0.1) is 0 Å². The first-order chi connectivity index (χ1) is 11.2. The first-order valence-corrected chi connectivity index (χ1v) is 8.38. The van der Waals surface area contributed by atoms with Crippen molar-refractivity contribution in [2.24, 2.45) is 12.0 Å². The standard InChI is InChI=1S/C16H29N5O2/c1-4-22-9-6-5-7-18-16(17-2)21-8-10-23-15(13-21)14-11-19-20(3)12-14/h11-12,15H,4-10,13H2,1-3H3,(H,17,18). The molecular weight excluding hydrogens is 294 g/mol. The molecule has 1 saturated heterocycles. The molecule has 1 fully saturated rings. The van der Waals surface area contributed by atoms with Gasteiger partial charge in [0, 0.05) is 52.2 Å². The molecule has 0 spiro atoms. The van der Waals surface area contributed by atoms with Crippen molar-refractivity contribution in [3.05, 3.63) is 18.0 Å². The summed E-state index contributed by atoms with van der Waals surface area (Å²) in [6.07, 6.45) is 6.08. The number of aliphatic imine (C=N–C) groups is 1. The predicted molar refractivity (Wildman–Crippen MR) is 90.6 cm³/mol. The normalized spacial score (nSPS) is 19.2. The second kappa shape index (κ2) is 9.52. The van der Waals surface area contributed by atoms with Crippen molar-refractivity contribution in [3.63, 3.8) is 0 Å². The smallest absolute Gasteiger partial charge is 0.193 e. The summed E-state index contributed by atoms with van der Waals surface area (Å²) < 4.78 is 13.0. The Morgan fingerprint density at radius 3 is 3.09 bits per heavy atom. The summed E-state index contributed by atoms with van der Waals surface area (Å²) >= 11 is 0. The minimum Gasteiger partial charge on any atom is -0.382 e. The van der Waals surface area contributed by atoms with Gasteiger partial charge in [0.25, 0.3) is 0 Å². The van der Waals surface area contributed by atoms with E-state index in [2.05, 4.69) is 20.3 Å². The van der Waals surface area contributed by atoms with Crippen LogP contribution in [0.3, 0.4) is 0 Å². The maximum Gasteiger partial charge on any atom is 0.193 e. The molecule has 1 aliphatic rings. The topological polar surface area (TPSA) is 63.9 Å².